The summed E-state index contributed by atoms with van der Waals surface area (Å²) in [5.41, 5.74) is 0.609. The van der Waals surface area contributed by atoms with E-state index in [2.05, 4.69) is 4.90 Å². The third kappa shape index (κ3) is 4.63. The Morgan fingerprint density at radius 3 is 2.41 bits per heavy atom. The van der Waals surface area contributed by atoms with Crippen LogP contribution in [0.5, 0.6) is 5.75 Å². The molecule has 88 valence electrons. The van der Waals surface area contributed by atoms with Crippen LogP contribution in [-0.4, -0.2) is 28.0 Å². The molecule has 0 spiro atoms. The molecule has 1 rings (SSSR count). The summed E-state index contributed by atoms with van der Waals surface area (Å²) < 4.78 is 0. The number of benzene rings is 1. The zero-order valence-corrected chi connectivity index (χ0v) is 12.5. The molecule has 0 atom stereocenters. The van der Waals surface area contributed by atoms with Crippen molar-refractivity contribution in [1.82, 2.24) is 4.90 Å². The number of aromatic hydroxyl groups is 1. The van der Waals surface area contributed by atoms with Gasteiger partial charge in [0.05, 0.1) is 4.92 Å². The second-order valence-electron chi connectivity index (χ2n) is 3.53. The summed E-state index contributed by atoms with van der Waals surface area (Å²) in [6.07, 6.45) is 0. The molecule has 1 aromatic carbocycles. The zero-order chi connectivity index (χ0) is 12.1. The van der Waals surface area contributed by atoms with Crippen molar-refractivity contribution in [3.05, 3.63) is 33.9 Å². The number of hydrogen-bond acceptors (Lipinski definition) is 4. The molecule has 0 aromatic heterocycles. The van der Waals surface area contributed by atoms with Crippen molar-refractivity contribution in [2.24, 2.45) is 0 Å². The number of phenolic OH excluding ortho intramolecular Hbond substituents is 1. The molecule has 0 fully saturated rings. The molecule has 17 heavy (non-hydrogen) atoms. The average molecular weight is 247 g/mol. The van der Waals surface area contributed by atoms with Crippen LogP contribution >= 0.6 is 0 Å². The fourth-order valence-corrected chi connectivity index (χ4v) is 1.50. The van der Waals surface area contributed by atoms with Gasteiger partial charge in [0.2, 0.25) is 0 Å². The van der Waals surface area contributed by atoms with Crippen LogP contribution in [0.25, 0.3) is 0 Å². The van der Waals surface area contributed by atoms with Crippen LogP contribution in [-0.2, 0) is 6.54 Å². The minimum atomic E-state index is -0.453. The van der Waals surface area contributed by atoms with Gasteiger partial charge in [-0.1, -0.05) is 13.8 Å². The summed E-state index contributed by atoms with van der Waals surface area (Å²) in [5, 5.41) is 20.2. The van der Waals surface area contributed by atoms with Gasteiger partial charge in [-0.25, -0.2) is 0 Å². The van der Waals surface area contributed by atoms with E-state index in [1.165, 1.54) is 18.2 Å². The number of rotatable bonds is 5. The SMILES string of the molecule is CCN(CC)Cc1cc([N+](=O)[O-])ccc1O.[Na+]. The first-order valence-electron chi connectivity index (χ1n) is 5.27. The molecule has 0 aliphatic carbocycles. The first-order valence-corrected chi connectivity index (χ1v) is 5.27. The molecule has 1 N–H and O–H groups in total. The molecular weight excluding hydrogens is 231 g/mol. The van der Waals surface area contributed by atoms with Crippen molar-refractivity contribution in [2.45, 2.75) is 20.4 Å². The van der Waals surface area contributed by atoms with Crippen molar-refractivity contribution >= 4 is 5.69 Å². The van der Waals surface area contributed by atoms with Crippen molar-refractivity contribution in [1.29, 1.82) is 0 Å². The van der Waals surface area contributed by atoms with E-state index in [1.54, 1.807) is 0 Å². The molecular formula is C11H16N2NaO3+. The molecule has 0 aliphatic heterocycles. The molecule has 0 saturated carbocycles. The predicted molar refractivity (Wildman–Crippen MR) is 61.4 cm³/mol. The molecule has 0 amide bonds. The Bertz CT molecular complexity index is 381. The van der Waals surface area contributed by atoms with Crippen molar-refractivity contribution in [3.63, 3.8) is 0 Å². The number of nitro benzene ring substituents is 1. The Morgan fingerprint density at radius 1 is 1.35 bits per heavy atom. The third-order valence-corrected chi connectivity index (χ3v) is 2.56. The van der Waals surface area contributed by atoms with Gasteiger partial charge in [-0.2, -0.15) is 0 Å². The van der Waals surface area contributed by atoms with Gasteiger partial charge in [0.25, 0.3) is 5.69 Å². The van der Waals surface area contributed by atoms with E-state index in [-0.39, 0.29) is 41.0 Å². The Labute approximate surface area is 123 Å². The Hall–Kier alpha value is -0.620. The minimum absolute atomic E-state index is 0. The van der Waals surface area contributed by atoms with Crippen molar-refractivity contribution in [3.8, 4) is 5.75 Å². The molecule has 5 nitrogen and oxygen atoms in total. The van der Waals surface area contributed by atoms with Crippen LogP contribution in [0.1, 0.15) is 19.4 Å². The fraction of sp³-hybridized carbons (Fsp3) is 0.455. The first kappa shape index (κ1) is 16.4. The first-order chi connectivity index (χ1) is 7.58. The Balaban J connectivity index is 0.00000256. The number of nitrogens with zero attached hydrogens (tertiary/aromatic N) is 2. The summed E-state index contributed by atoms with van der Waals surface area (Å²) >= 11 is 0. The molecule has 0 unspecified atom stereocenters. The van der Waals surface area contributed by atoms with Gasteiger partial charge in [-0.15, -0.1) is 0 Å². The fourth-order valence-electron chi connectivity index (χ4n) is 1.50. The molecule has 6 heteroatoms. The summed E-state index contributed by atoms with van der Waals surface area (Å²) in [5.74, 6) is 0.109. The van der Waals surface area contributed by atoms with E-state index >= 15 is 0 Å². The number of hydrogen-bond donors (Lipinski definition) is 1. The van der Waals surface area contributed by atoms with Gasteiger partial charge in [0, 0.05) is 24.2 Å². The molecule has 0 radical (unpaired) electrons. The third-order valence-electron chi connectivity index (χ3n) is 2.56. The quantitative estimate of drug-likeness (QED) is 0.418. The van der Waals surface area contributed by atoms with E-state index in [0.717, 1.165) is 13.1 Å². The maximum absolute atomic E-state index is 10.6. The molecule has 0 aliphatic rings. The molecule has 0 saturated heterocycles. The van der Waals surface area contributed by atoms with Crippen LogP contribution in [0.3, 0.4) is 0 Å². The largest absolute Gasteiger partial charge is 1.00 e. The van der Waals surface area contributed by atoms with Gasteiger partial charge in [0.1, 0.15) is 5.75 Å². The maximum atomic E-state index is 10.6. The summed E-state index contributed by atoms with van der Waals surface area (Å²) in [4.78, 5) is 12.2. The van der Waals surface area contributed by atoms with E-state index < -0.39 is 4.92 Å². The van der Waals surface area contributed by atoms with Gasteiger partial charge < -0.3 is 5.11 Å². The molecule has 1 aromatic rings. The molecule has 0 heterocycles. The summed E-state index contributed by atoms with van der Waals surface area (Å²) in [6.45, 7) is 6.24. The van der Waals surface area contributed by atoms with Crippen LogP contribution in [0.15, 0.2) is 18.2 Å². The van der Waals surface area contributed by atoms with Crippen molar-refractivity contribution < 1.29 is 39.6 Å². The van der Waals surface area contributed by atoms with E-state index in [1.807, 2.05) is 13.8 Å². The normalized spacial score (nSPS) is 10.1. The van der Waals surface area contributed by atoms with Gasteiger partial charge >= 0.3 is 29.6 Å². The second kappa shape index (κ2) is 7.66. The van der Waals surface area contributed by atoms with Crippen LogP contribution in [0.4, 0.5) is 5.69 Å². The second-order valence-corrected chi connectivity index (χ2v) is 3.53. The van der Waals surface area contributed by atoms with Crippen LogP contribution < -0.4 is 29.6 Å². The average Bonchev–Trinajstić information content (AvgIpc) is 2.27. The standard InChI is InChI=1S/C11H16N2O3.Na/c1-3-12(4-2)8-9-7-10(13(15)16)5-6-11(9)14;/h5-7,14H,3-4,8H2,1-2H3;/q;+1. The van der Waals surface area contributed by atoms with Crippen LogP contribution in [0.2, 0.25) is 0 Å². The van der Waals surface area contributed by atoms with E-state index in [9.17, 15) is 15.2 Å². The van der Waals surface area contributed by atoms with Gasteiger partial charge in [-0.3, -0.25) is 15.0 Å². The monoisotopic (exact) mass is 247 g/mol. The number of nitro groups is 1. The minimum Gasteiger partial charge on any atom is -0.508 e. The van der Waals surface area contributed by atoms with E-state index in [4.69, 9.17) is 0 Å². The summed E-state index contributed by atoms with van der Waals surface area (Å²) in [6, 6.07) is 4.10. The number of phenols is 1. The van der Waals surface area contributed by atoms with Gasteiger partial charge in [0.15, 0.2) is 0 Å². The summed E-state index contributed by atoms with van der Waals surface area (Å²) in [7, 11) is 0. The zero-order valence-electron chi connectivity index (χ0n) is 10.5. The Morgan fingerprint density at radius 2 is 1.94 bits per heavy atom. The Kier molecular flexibility index (Phi) is 7.38. The van der Waals surface area contributed by atoms with E-state index in [0.29, 0.717) is 12.1 Å². The predicted octanol–water partition coefficient (Wildman–Crippen LogP) is -0.854. The van der Waals surface area contributed by atoms with Crippen molar-refractivity contribution in [2.75, 3.05) is 13.1 Å². The molecule has 0 bridgehead atoms. The smallest absolute Gasteiger partial charge is 0.508 e. The number of non-ortho nitro benzene ring substituents is 1. The topological polar surface area (TPSA) is 66.6 Å². The van der Waals surface area contributed by atoms with Crippen LogP contribution in [0, 0.1) is 10.1 Å². The maximum Gasteiger partial charge on any atom is 1.00 e. The van der Waals surface area contributed by atoms with Gasteiger partial charge in [-0.05, 0) is 19.2 Å².